The number of fused-ring (bicyclic) bond motifs is 1. The number of hydrogen-bond acceptors (Lipinski definition) is 6. The van der Waals surface area contributed by atoms with E-state index in [1.54, 1.807) is 42.5 Å². The first-order valence-electron chi connectivity index (χ1n) is 11.2. The number of para-hydroxylation sites is 1. The van der Waals surface area contributed by atoms with Gasteiger partial charge in [0.1, 0.15) is 0 Å². The Kier molecular flexibility index (Phi) is 7.90. The highest BCUT2D eigenvalue weighted by molar-refractivity contribution is 7.89. The number of carbonyl (C=O) groups is 1. The molecule has 3 aromatic rings. The standard InChI is InChI=1S/C26H28N2O5S2/c1-19(2)15-27-35(30,31)23-8-6-20(7-9-23)10-12-28(25(29)14-21-11-13-34-17-21)16-22-4-3-5-24-26(22)33-18-32-24/h3-9,11,13,17,27H,1,10,12,14-16,18H2,2H3. The number of thiophene rings is 1. The molecule has 9 heteroatoms. The van der Waals surface area contributed by atoms with Crippen molar-refractivity contribution in [3.63, 3.8) is 0 Å². The molecule has 1 aromatic heterocycles. The average molecular weight is 513 g/mol. The van der Waals surface area contributed by atoms with E-state index in [1.165, 1.54) is 0 Å². The summed E-state index contributed by atoms with van der Waals surface area (Å²) >= 11 is 1.57. The summed E-state index contributed by atoms with van der Waals surface area (Å²) in [6.07, 6.45) is 0.905. The maximum absolute atomic E-state index is 13.2. The van der Waals surface area contributed by atoms with E-state index in [1.807, 2.05) is 39.9 Å². The zero-order valence-corrected chi connectivity index (χ0v) is 21.2. The van der Waals surface area contributed by atoms with Crippen LogP contribution in [-0.2, 0) is 34.2 Å². The van der Waals surface area contributed by atoms with Crippen LogP contribution in [-0.4, -0.2) is 39.1 Å². The third-order valence-electron chi connectivity index (χ3n) is 5.60. The molecular formula is C26H28N2O5S2. The van der Waals surface area contributed by atoms with Gasteiger partial charge < -0.3 is 14.4 Å². The largest absolute Gasteiger partial charge is 0.454 e. The van der Waals surface area contributed by atoms with Gasteiger partial charge in [0.15, 0.2) is 11.5 Å². The molecule has 0 bridgehead atoms. The van der Waals surface area contributed by atoms with Gasteiger partial charge in [0.05, 0.1) is 11.3 Å². The Morgan fingerprint density at radius 2 is 1.91 bits per heavy atom. The van der Waals surface area contributed by atoms with E-state index in [4.69, 9.17) is 9.47 Å². The van der Waals surface area contributed by atoms with Crippen molar-refractivity contribution in [1.29, 1.82) is 0 Å². The molecule has 2 heterocycles. The first-order chi connectivity index (χ1) is 16.8. The quantitative estimate of drug-likeness (QED) is 0.390. The van der Waals surface area contributed by atoms with Gasteiger partial charge in [0.2, 0.25) is 22.7 Å². The number of amides is 1. The molecule has 35 heavy (non-hydrogen) atoms. The van der Waals surface area contributed by atoms with Gasteiger partial charge in [-0.05, 0) is 59.5 Å². The molecule has 1 N–H and O–H groups in total. The van der Waals surface area contributed by atoms with Crippen LogP contribution >= 0.6 is 11.3 Å². The predicted octanol–water partition coefficient (Wildman–Crippen LogP) is 4.15. The summed E-state index contributed by atoms with van der Waals surface area (Å²) in [6, 6.07) is 14.4. The summed E-state index contributed by atoms with van der Waals surface area (Å²) in [5.74, 6) is 1.38. The van der Waals surface area contributed by atoms with Gasteiger partial charge in [0, 0.05) is 25.2 Å². The van der Waals surface area contributed by atoms with E-state index in [9.17, 15) is 13.2 Å². The number of carbonyl (C=O) groups excluding carboxylic acids is 1. The van der Waals surface area contributed by atoms with Crippen molar-refractivity contribution < 1.29 is 22.7 Å². The summed E-state index contributed by atoms with van der Waals surface area (Å²) < 4.78 is 38.5. The van der Waals surface area contributed by atoms with Crippen molar-refractivity contribution in [1.82, 2.24) is 9.62 Å². The molecule has 0 aliphatic carbocycles. The van der Waals surface area contributed by atoms with Crippen LogP contribution in [0.5, 0.6) is 11.5 Å². The van der Waals surface area contributed by atoms with Gasteiger partial charge in [-0.1, -0.05) is 36.4 Å². The normalized spacial score (nSPS) is 12.5. The Balaban J connectivity index is 1.46. The maximum Gasteiger partial charge on any atom is 0.240 e. The number of sulfonamides is 1. The Morgan fingerprint density at radius 1 is 1.11 bits per heavy atom. The Morgan fingerprint density at radius 3 is 2.63 bits per heavy atom. The van der Waals surface area contributed by atoms with Gasteiger partial charge in [0.25, 0.3) is 0 Å². The van der Waals surface area contributed by atoms with Crippen LogP contribution in [0.2, 0.25) is 0 Å². The second kappa shape index (κ2) is 11.1. The van der Waals surface area contributed by atoms with Crippen LogP contribution in [0.15, 0.2) is 76.3 Å². The summed E-state index contributed by atoms with van der Waals surface area (Å²) in [4.78, 5) is 15.2. The maximum atomic E-state index is 13.2. The van der Waals surface area contributed by atoms with E-state index < -0.39 is 10.0 Å². The molecule has 1 amide bonds. The van der Waals surface area contributed by atoms with Crippen molar-refractivity contribution in [3.8, 4) is 11.5 Å². The minimum absolute atomic E-state index is 0.0168. The van der Waals surface area contributed by atoms with Gasteiger partial charge >= 0.3 is 0 Å². The Labute approximate surface area is 210 Å². The zero-order chi connectivity index (χ0) is 24.8. The van der Waals surface area contributed by atoms with Crippen LogP contribution in [0.4, 0.5) is 0 Å². The molecule has 0 atom stereocenters. The highest BCUT2D eigenvalue weighted by Gasteiger charge is 2.22. The number of rotatable bonds is 11. The molecular weight excluding hydrogens is 484 g/mol. The SMILES string of the molecule is C=C(C)CNS(=O)(=O)c1ccc(CCN(Cc2cccc3c2OCO3)C(=O)Cc2ccsc2)cc1. The van der Waals surface area contributed by atoms with Crippen LogP contribution in [0.3, 0.4) is 0 Å². The Hall–Kier alpha value is -3.14. The summed E-state index contributed by atoms with van der Waals surface area (Å²) in [5, 5.41) is 3.94. The van der Waals surface area contributed by atoms with E-state index in [0.29, 0.717) is 37.4 Å². The van der Waals surface area contributed by atoms with Crippen LogP contribution in [0.1, 0.15) is 23.6 Å². The lowest BCUT2D eigenvalue weighted by Gasteiger charge is -2.23. The number of ether oxygens (including phenoxy) is 2. The van der Waals surface area contributed by atoms with E-state index in [0.717, 1.165) is 22.3 Å². The molecule has 4 rings (SSSR count). The molecule has 2 aromatic carbocycles. The molecule has 184 valence electrons. The summed E-state index contributed by atoms with van der Waals surface area (Å²) in [5.41, 5.74) is 3.55. The molecule has 0 fully saturated rings. The minimum Gasteiger partial charge on any atom is -0.454 e. The fourth-order valence-electron chi connectivity index (χ4n) is 3.69. The lowest BCUT2D eigenvalue weighted by Crippen LogP contribution is -2.33. The molecule has 7 nitrogen and oxygen atoms in total. The molecule has 0 spiro atoms. The summed E-state index contributed by atoms with van der Waals surface area (Å²) in [7, 11) is -3.59. The molecule has 0 unspecified atom stereocenters. The van der Waals surface area contributed by atoms with E-state index in [2.05, 4.69) is 11.3 Å². The first kappa shape index (κ1) is 25.0. The monoisotopic (exact) mass is 512 g/mol. The molecule has 0 saturated carbocycles. The fraction of sp³-hybridized carbons (Fsp3) is 0.269. The minimum atomic E-state index is -3.59. The second-order valence-electron chi connectivity index (χ2n) is 8.45. The van der Waals surface area contributed by atoms with Gasteiger partial charge in [-0.2, -0.15) is 11.3 Å². The third kappa shape index (κ3) is 6.50. The van der Waals surface area contributed by atoms with Crippen LogP contribution < -0.4 is 14.2 Å². The van der Waals surface area contributed by atoms with Gasteiger partial charge in [-0.3, -0.25) is 4.79 Å². The topological polar surface area (TPSA) is 84.9 Å². The highest BCUT2D eigenvalue weighted by Crippen LogP contribution is 2.36. The first-order valence-corrected chi connectivity index (χ1v) is 13.6. The van der Waals surface area contributed by atoms with Crippen molar-refractivity contribution in [2.24, 2.45) is 0 Å². The number of benzene rings is 2. The van der Waals surface area contributed by atoms with Crippen LogP contribution in [0, 0.1) is 0 Å². The lowest BCUT2D eigenvalue weighted by atomic mass is 10.1. The van der Waals surface area contributed by atoms with Crippen molar-refractivity contribution in [3.05, 3.63) is 88.1 Å². The fourth-order valence-corrected chi connectivity index (χ4v) is 5.46. The smallest absolute Gasteiger partial charge is 0.240 e. The highest BCUT2D eigenvalue weighted by atomic mass is 32.2. The second-order valence-corrected chi connectivity index (χ2v) is 11.0. The van der Waals surface area contributed by atoms with Gasteiger partial charge in [-0.15, -0.1) is 0 Å². The lowest BCUT2D eigenvalue weighted by molar-refractivity contribution is -0.131. The molecule has 0 saturated heterocycles. The van der Waals surface area contributed by atoms with Crippen LogP contribution in [0.25, 0.3) is 0 Å². The number of nitrogens with zero attached hydrogens (tertiary/aromatic N) is 1. The van der Waals surface area contributed by atoms with Gasteiger partial charge in [-0.25, -0.2) is 13.1 Å². The molecule has 1 aliphatic rings. The van der Waals surface area contributed by atoms with E-state index >= 15 is 0 Å². The van der Waals surface area contributed by atoms with Crippen molar-refractivity contribution >= 4 is 27.3 Å². The van der Waals surface area contributed by atoms with Crippen molar-refractivity contribution in [2.75, 3.05) is 19.9 Å². The molecule has 1 aliphatic heterocycles. The van der Waals surface area contributed by atoms with E-state index in [-0.39, 0.29) is 24.1 Å². The average Bonchev–Trinajstić information content (AvgIpc) is 3.53. The number of nitrogens with one attached hydrogen (secondary N) is 1. The molecule has 0 radical (unpaired) electrons. The van der Waals surface area contributed by atoms with Crippen molar-refractivity contribution in [2.45, 2.75) is 31.2 Å². The number of hydrogen-bond donors (Lipinski definition) is 1. The third-order valence-corrected chi connectivity index (χ3v) is 7.74. The Bertz CT molecular complexity index is 1290. The zero-order valence-electron chi connectivity index (χ0n) is 19.5. The summed E-state index contributed by atoms with van der Waals surface area (Å²) in [6.45, 7) is 6.73. The predicted molar refractivity (Wildman–Crippen MR) is 136 cm³/mol.